The zero-order valence-corrected chi connectivity index (χ0v) is 17.3. The van der Waals surface area contributed by atoms with Crippen molar-refractivity contribution >= 4 is 28.8 Å². The molecule has 0 aliphatic carbocycles. The molecule has 3 rings (SSSR count). The lowest BCUT2D eigenvalue weighted by Crippen LogP contribution is -2.46. The smallest absolute Gasteiger partial charge is 0.220 e. The first-order valence-corrected chi connectivity index (χ1v) is 10.8. The lowest BCUT2D eigenvalue weighted by Gasteiger charge is -2.37. The molecule has 2 aromatic rings. The summed E-state index contributed by atoms with van der Waals surface area (Å²) in [6.45, 7) is 5.30. The number of morpholine rings is 1. The van der Waals surface area contributed by atoms with Crippen LogP contribution in [0.25, 0.3) is 0 Å². The molecule has 6 heteroatoms. The molecule has 0 spiro atoms. The standard InChI is InChI=1S/C21H27ClN2O2S/c1-16-15-24(11-12-26-16)19(20-5-3-13-27-20)14-23-21(25)6-2-4-17-7-9-18(22)10-8-17/h3,5,7-10,13,16,19H,2,4,6,11-12,14-15H2,1H3,(H,23,25). The van der Waals surface area contributed by atoms with Gasteiger partial charge in [0, 0.05) is 36.0 Å². The molecular formula is C21H27ClN2O2S. The molecular weight excluding hydrogens is 380 g/mol. The Morgan fingerprint density at radius 1 is 1.37 bits per heavy atom. The van der Waals surface area contributed by atoms with E-state index in [2.05, 4.69) is 34.7 Å². The molecule has 146 valence electrons. The molecule has 2 unspecified atom stereocenters. The summed E-state index contributed by atoms with van der Waals surface area (Å²) < 4.78 is 5.67. The first-order valence-electron chi connectivity index (χ1n) is 9.52. The van der Waals surface area contributed by atoms with Gasteiger partial charge in [-0.25, -0.2) is 0 Å². The number of ether oxygens (including phenoxy) is 1. The second kappa shape index (κ2) is 10.2. The minimum absolute atomic E-state index is 0.117. The van der Waals surface area contributed by atoms with Crippen molar-refractivity contribution in [3.8, 4) is 0 Å². The van der Waals surface area contributed by atoms with Gasteiger partial charge < -0.3 is 10.1 Å². The predicted molar refractivity (Wildman–Crippen MR) is 111 cm³/mol. The molecule has 1 saturated heterocycles. The van der Waals surface area contributed by atoms with Crippen LogP contribution in [-0.4, -0.2) is 43.2 Å². The average molecular weight is 407 g/mol. The van der Waals surface area contributed by atoms with E-state index >= 15 is 0 Å². The van der Waals surface area contributed by atoms with Crippen LogP contribution >= 0.6 is 22.9 Å². The lowest BCUT2D eigenvalue weighted by atomic mass is 10.1. The van der Waals surface area contributed by atoms with E-state index in [0.29, 0.717) is 13.0 Å². The van der Waals surface area contributed by atoms with E-state index in [9.17, 15) is 4.79 Å². The van der Waals surface area contributed by atoms with Gasteiger partial charge in [-0.3, -0.25) is 9.69 Å². The van der Waals surface area contributed by atoms with Crippen LogP contribution < -0.4 is 5.32 Å². The number of carbonyl (C=O) groups excluding carboxylic acids is 1. The minimum Gasteiger partial charge on any atom is -0.376 e. The zero-order valence-electron chi connectivity index (χ0n) is 15.7. The first-order chi connectivity index (χ1) is 13.1. The number of nitrogens with zero attached hydrogens (tertiary/aromatic N) is 1. The van der Waals surface area contributed by atoms with Crippen LogP contribution in [0.15, 0.2) is 41.8 Å². The number of hydrogen-bond acceptors (Lipinski definition) is 4. The van der Waals surface area contributed by atoms with Gasteiger partial charge in [0.05, 0.1) is 18.8 Å². The molecule has 1 aliphatic heterocycles. The molecule has 0 saturated carbocycles. The molecule has 0 bridgehead atoms. The summed E-state index contributed by atoms with van der Waals surface area (Å²) in [7, 11) is 0. The van der Waals surface area contributed by atoms with Crippen molar-refractivity contribution in [2.75, 3.05) is 26.2 Å². The molecule has 1 aromatic carbocycles. The highest BCUT2D eigenvalue weighted by Crippen LogP contribution is 2.26. The van der Waals surface area contributed by atoms with Crippen LogP contribution in [0, 0.1) is 0 Å². The van der Waals surface area contributed by atoms with Gasteiger partial charge >= 0.3 is 0 Å². The van der Waals surface area contributed by atoms with Crippen molar-refractivity contribution in [3.63, 3.8) is 0 Å². The third-order valence-electron chi connectivity index (χ3n) is 4.86. The van der Waals surface area contributed by atoms with Crippen LogP contribution in [0.5, 0.6) is 0 Å². The normalized spacial score (nSPS) is 19.0. The Balaban J connectivity index is 1.47. The van der Waals surface area contributed by atoms with Crippen LogP contribution in [0.3, 0.4) is 0 Å². The van der Waals surface area contributed by atoms with E-state index in [1.807, 2.05) is 24.3 Å². The number of benzene rings is 1. The Bertz CT molecular complexity index is 705. The second-order valence-electron chi connectivity index (χ2n) is 6.99. The van der Waals surface area contributed by atoms with E-state index < -0.39 is 0 Å². The van der Waals surface area contributed by atoms with Crippen LogP contribution in [0.2, 0.25) is 5.02 Å². The van der Waals surface area contributed by atoms with Gasteiger partial charge in [0.2, 0.25) is 5.91 Å². The summed E-state index contributed by atoms with van der Waals surface area (Å²) in [5.41, 5.74) is 1.21. The number of hydrogen-bond donors (Lipinski definition) is 1. The maximum Gasteiger partial charge on any atom is 0.220 e. The van der Waals surface area contributed by atoms with E-state index in [4.69, 9.17) is 16.3 Å². The minimum atomic E-state index is 0.117. The molecule has 1 N–H and O–H groups in total. The van der Waals surface area contributed by atoms with Crippen molar-refractivity contribution in [1.82, 2.24) is 10.2 Å². The molecule has 0 radical (unpaired) electrons. The number of halogens is 1. The summed E-state index contributed by atoms with van der Waals surface area (Å²) in [6.07, 6.45) is 2.50. The van der Waals surface area contributed by atoms with E-state index in [1.54, 1.807) is 11.3 Å². The Labute approximate surface area is 170 Å². The van der Waals surface area contributed by atoms with Gasteiger partial charge in [0.15, 0.2) is 0 Å². The topological polar surface area (TPSA) is 41.6 Å². The van der Waals surface area contributed by atoms with Crippen molar-refractivity contribution in [2.45, 2.75) is 38.3 Å². The highest BCUT2D eigenvalue weighted by Gasteiger charge is 2.26. The van der Waals surface area contributed by atoms with Crippen molar-refractivity contribution in [3.05, 3.63) is 57.2 Å². The Kier molecular flexibility index (Phi) is 7.70. The lowest BCUT2D eigenvalue weighted by molar-refractivity contribution is -0.121. The number of carbonyl (C=O) groups is 1. The molecule has 1 aliphatic rings. The van der Waals surface area contributed by atoms with Crippen LogP contribution in [0.4, 0.5) is 0 Å². The predicted octanol–water partition coefficient (Wildman–Crippen LogP) is 4.30. The second-order valence-corrected chi connectivity index (χ2v) is 8.41. The fourth-order valence-corrected chi connectivity index (χ4v) is 4.41. The zero-order chi connectivity index (χ0) is 19.1. The van der Waals surface area contributed by atoms with Gasteiger partial charge in [-0.2, -0.15) is 0 Å². The van der Waals surface area contributed by atoms with E-state index in [-0.39, 0.29) is 18.1 Å². The van der Waals surface area contributed by atoms with Gasteiger partial charge in [-0.15, -0.1) is 11.3 Å². The maximum atomic E-state index is 12.3. The van der Waals surface area contributed by atoms with Gasteiger partial charge in [-0.05, 0) is 48.9 Å². The number of aryl methyl sites for hydroxylation is 1. The third-order valence-corrected chi connectivity index (χ3v) is 6.09. The Morgan fingerprint density at radius 2 is 2.19 bits per heavy atom. The van der Waals surface area contributed by atoms with Gasteiger partial charge in [0.25, 0.3) is 0 Å². The fourth-order valence-electron chi connectivity index (χ4n) is 3.42. The fraction of sp³-hybridized carbons (Fsp3) is 0.476. The summed E-state index contributed by atoms with van der Waals surface area (Å²) in [4.78, 5) is 16.1. The molecule has 1 amide bonds. The molecule has 27 heavy (non-hydrogen) atoms. The van der Waals surface area contributed by atoms with Crippen LogP contribution in [0.1, 0.15) is 36.2 Å². The quantitative estimate of drug-likeness (QED) is 0.710. The monoisotopic (exact) mass is 406 g/mol. The van der Waals surface area contributed by atoms with Crippen LogP contribution in [-0.2, 0) is 16.0 Å². The van der Waals surface area contributed by atoms with Gasteiger partial charge in [0.1, 0.15) is 0 Å². The third kappa shape index (κ3) is 6.32. The summed E-state index contributed by atoms with van der Waals surface area (Å²) in [5, 5.41) is 5.98. The van der Waals surface area contributed by atoms with Gasteiger partial charge in [-0.1, -0.05) is 29.8 Å². The molecule has 1 aromatic heterocycles. The van der Waals surface area contributed by atoms with E-state index in [1.165, 1.54) is 10.4 Å². The summed E-state index contributed by atoms with van der Waals surface area (Å²) in [6, 6.07) is 12.3. The van der Waals surface area contributed by atoms with Crippen molar-refractivity contribution in [2.24, 2.45) is 0 Å². The van der Waals surface area contributed by atoms with Crippen molar-refractivity contribution in [1.29, 1.82) is 0 Å². The molecule has 1 fully saturated rings. The number of rotatable bonds is 8. The number of thiophene rings is 1. The number of amides is 1. The van der Waals surface area contributed by atoms with Crippen molar-refractivity contribution < 1.29 is 9.53 Å². The largest absolute Gasteiger partial charge is 0.376 e. The SMILES string of the molecule is CC1CN(C(CNC(=O)CCCc2ccc(Cl)cc2)c2cccs2)CCO1. The highest BCUT2D eigenvalue weighted by molar-refractivity contribution is 7.10. The highest BCUT2D eigenvalue weighted by atomic mass is 35.5. The molecule has 2 atom stereocenters. The summed E-state index contributed by atoms with van der Waals surface area (Å²) >= 11 is 7.66. The summed E-state index contributed by atoms with van der Waals surface area (Å²) in [5.74, 6) is 0.117. The van der Waals surface area contributed by atoms with E-state index in [0.717, 1.165) is 37.6 Å². The average Bonchev–Trinajstić information content (AvgIpc) is 3.18. The molecule has 4 nitrogen and oxygen atoms in total. The number of nitrogens with one attached hydrogen (secondary N) is 1. The first kappa shape index (κ1) is 20.3. The molecule has 2 heterocycles. The Hall–Kier alpha value is -1.40. The Morgan fingerprint density at radius 3 is 2.89 bits per heavy atom. The maximum absolute atomic E-state index is 12.3.